The van der Waals surface area contributed by atoms with Crippen molar-refractivity contribution in [1.82, 2.24) is 0 Å². The van der Waals surface area contributed by atoms with Crippen LogP contribution in [0.1, 0.15) is 21.5 Å². The number of hydrogen-bond acceptors (Lipinski definition) is 1. The largest absolute Gasteiger partial charge is 0.416 e. The Morgan fingerprint density at radius 3 is 1.42 bits per heavy atom. The Balaban J connectivity index is 2.07. The number of rotatable bonds is 7. The lowest BCUT2D eigenvalue weighted by atomic mass is 10.1. The highest BCUT2D eigenvalue weighted by atomic mass is 28.3. The van der Waals surface area contributed by atoms with Gasteiger partial charge in [-0.05, 0) is 28.1 Å². The molecule has 0 N–H and O–H groups in total. The smallest absolute Gasteiger partial charge is 0.289 e. The van der Waals surface area contributed by atoms with Crippen molar-refractivity contribution < 1.29 is 18.0 Å². The van der Waals surface area contributed by atoms with Gasteiger partial charge >= 0.3 is 6.18 Å². The maximum absolute atomic E-state index is 14.5. The number of halogens is 3. The van der Waals surface area contributed by atoms with Crippen LogP contribution in [0.15, 0.2) is 120 Å². The Labute approximate surface area is 224 Å². The minimum atomic E-state index is -4.46. The van der Waals surface area contributed by atoms with Crippen molar-refractivity contribution in [2.75, 3.05) is 0 Å². The first-order chi connectivity index (χ1) is 17.9. The molecular weight excluding hydrogens is 514 g/mol. The number of Topliss-reactive ketones (excluding diaryl/α,β-unsaturated/α-hetero) is 1. The van der Waals surface area contributed by atoms with Crippen LogP contribution in [0.25, 0.3) is 5.20 Å². The summed E-state index contributed by atoms with van der Waals surface area (Å²) in [5, 5.41) is 4.07. The average Bonchev–Trinajstić information content (AvgIpc) is 2.92. The molecule has 0 radical (unpaired) electrons. The van der Waals surface area contributed by atoms with Gasteiger partial charge in [-0.25, -0.2) is 0 Å². The number of carbonyl (C=O) groups is 1. The Kier molecular flexibility index (Phi) is 7.76. The number of allylic oxidation sites excluding steroid dienone is 1. The zero-order valence-electron chi connectivity index (χ0n) is 22.0. The van der Waals surface area contributed by atoms with Gasteiger partial charge in [0.15, 0.2) is 5.78 Å². The van der Waals surface area contributed by atoms with Gasteiger partial charge in [0.25, 0.3) is 0 Å². The van der Waals surface area contributed by atoms with Crippen molar-refractivity contribution in [3.8, 4) is 0 Å². The van der Waals surface area contributed by atoms with E-state index in [4.69, 9.17) is 0 Å². The monoisotopic (exact) mass is 544 g/mol. The van der Waals surface area contributed by atoms with Crippen molar-refractivity contribution in [3.63, 3.8) is 0 Å². The molecule has 0 heterocycles. The van der Waals surface area contributed by atoms with Crippen LogP contribution in [-0.4, -0.2) is 21.9 Å². The van der Waals surface area contributed by atoms with Crippen LogP contribution in [0.3, 0.4) is 0 Å². The Hall–Kier alpha value is -3.49. The van der Waals surface area contributed by atoms with E-state index in [1.165, 1.54) is 17.3 Å². The average molecular weight is 545 g/mol. The van der Waals surface area contributed by atoms with Crippen molar-refractivity contribution in [2.45, 2.75) is 32.4 Å². The van der Waals surface area contributed by atoms with Gasteiger partial charge in [-0.1, -0.05) is 140 Å². The van der Waals surface area contributed by atoms with E-state index in [1.54, 1.807) is 0 Å². The van der Waals surface area contributed by atoms with Crippen molar-refractivity contribution in [1.29, 1.82) is 0 Å². The van der Waals surface area contributed by atoms with Crippen molar-refractivity contribution in [2.24, 2.45) is 0 Å². The molecule has 0 aromatic heterocycles. The van der Waals surface area contributed by atoms with E-state index in [0.29, 0.717) is 0 Å². The molecule has 0 aliphatic carbocycles. The summed E-state index contributed by atoms with van der Waals surface area (Å²) in [7, 11) is -5.13. The second-order valence-electron chi connectivity index (χ2n) is 10.5. The zero-order chi connectivity index (χ0) is 27.6. The summed E-state index contributed by atoms with van der Waals surface area (Å²) in [5.41, 5.74) is 0.497. The predicted molar refractivity (Wildman–Crippen MR) is 156 cm³/mol. The van der Waals surface area contributed by atoms with Crippen LogP contribution in [0.5, 0.6) is 0 Å². The van der Waals surface area contributed by atoms with E-state index >= 15 is 0 Å². The van der Waals surface area contributed by atoms with Crippen LogP contribution in [0, 0.1) is 0 Å². The van der Waals surface area contributed by atoms with Gasteiger partial charge in [-0.15, -0.1) is 0 Å². The van der Waals surface area contributed by atoms with E-state index in [9.17, 15) is 18.0 Å². The fraction of sp³-hybridized carbons (Fsp3) is 0.156. The Morgan fingerprint density at radius 1 is 0.553 bits per heavy atom. The van der Waals surface area contributed by atoms with Gasteiger partial charge in [0.2, 0.25) is 0 Å². The first-order valence-corrected chi connectivity index (χ1v) is 18.6. The minimum Gasteiger partial charge on any atom is -0.289 e. The zero-order valence-corrected chi connectivity index (χ0v) is 24.0. The standard InChI is InChI=1S/C32H31F3OSi2/c1-37(2,27-16-10-6-11-17-27)30(25-14-8-5-9-15-25)31(38(3,4)28-18-12-7-13-19-28)29(36)24-20-22-26(23-21-24)32(33,34)35/h5-23H,1-4H3/b31-30+. The lowest BCUT2D eigenvalue weighted by Gasteiger charge is -2.36. The summed E-state index contributed by atoms with van der Waals surface area (Å²) in [6, 6.07) is 34.9. The number of benzene rings is 4. The molecule has 4 aromatic rings. The summed E-state index contributed by atoms with van der Waals surface area (Å²) in [6.45, 7) is 8.83. The van der Waals surface area contributed by atoms with Crippen LogP contribution in [0.2, 0.25) is 26.2 Å². The van der Waals surface area contributed by atoms with Crippen LogP contribution in [0.4, 0.5) is 13.2 Å². The SMILES string of the molecule is C[Si](C)(/C(C(=O)c1ccc(C(F)(F)F)cc1)=C(\c1ccccc1)[Si](C)(C)c1ccccc1)c1ccccc1. The van der Waals surface area contributed by atoms with Crippen LogP contribution >= 0.6 is 0 Å². The summed E-state index contributed by atoms with van der Waals surface area (Å²) >= 11 is 0. The first kappa shape index (κ1) is 27.5. The molecule has 4 rings (SSSR count). The molecule has 194 valence electrons. The fourth-order valence-corrected chi connectivity index (χ4v) is 12.7. The molecule has 1 nitrogen and oxygen atoms in total. The topological polar surface area (TPSA) is 17.1 Å². The first-order valence-electron chi connectivity index (χ1n) is 12.6. The van der Waals surface area contributed by atoms with Crippen molar-refractivity contribution in [3.05, 3.63) is 137 Å². The summed E-state index contributed by atoms with van der Waals surface area (Å²) < 4.78 is 39.9. The second-order valence-corrected chi connectivity index (χ2v) is 19.2. The summed E-state index contributed by atoms with van der Waals surface area (Å²) in [4.78, 5) is 14.5. The predicted octanol–water partition coefficient (Wildman–Crippen LogP) is 7.65. The van der Waals surface area contributed by atoms with E-state index in [1.807, 2.05) is 66.7 Å². The molecule has 0 unspecified atom stereocenters. The molecule has 38 heavy (non-hydrogen) atoms. The Bertz CT molecular complexity index is 1430. The van der Waals surface area contributed by atoms with Crippen molar-refractivity contribution >= 4 is 37.5 Å². The lowest BCUT2D eigenvalue weighted by molar-refractivity contribution is -0.137. The normalized spacial score (nSPS) is 13.1. The summed E-state index contributed by atoms with van der Waals surface area (Å²) in [5.74, 6) is -0.199. The van der Waals surface area contributed by atoms with Gasteiger partial charge in [0.1, 0.15) is 16.1 Å². The molecule has 0 saturated heterocycles. The van der Waals surface area contributed by atoms with Gasteiger partial charge in [-0.3, -0.25) is 4.79 Å². The quantitative estimate of drug-likeness (QED) is 0.133. The lowest BCUT2D eigenvalue weighted by Crippen LogP contribution is -2.51. The van der Waals surface area contributed by atoms with E-state index < -0.39 is 27.9 Å². The maximum Gasteiger partial charge on any atom is 0.416 e. The second kappa shape index (κ2) is 10.7. The maximum atomic E-state index is 14.5. The van der Waals surface area contributed by atoms with Gasteiger partial charge in [0.05, 0.1) is 5.56 Å². The minimum absolute atomic E-state index is 0.199. The van der Waals surface area contributed by atoms with Crippen LogP contribution in [-0.2, 0) is 6.18 Å². The molecule has 0 aliphatic rings. The molecule has 6 heteroatoms. The highest BCUT2D eigenvalue weighted by Gasteiger charge is 2.42. The number of alkyl halides is 3. The van der Waals surface area contributed by atoms with E-state index in [2.05, 4.69) is 50.5 Å². The molecule has 0 fully saturated rings. The van der Waals surface area contributed by atoms with Gasteiger partial charge < -0.3 is 0 Å². The number of carbonyl (C=O) groups excluding carboxylic acids is 1. The molecule has 0 saturated carbocycles. The molecule has 0 aliphatic heterocycles. The third-order valence-electron chi connectivity index (χ3n) is 7.25. The molecular formula is C32H31F3OSi2. The molecule has 0 bridgehead atoms. The fourth-order valence-electron chi connectivity index (χ4n) is 5.09. The van der Waals surface area contributed by atoms with Crippen LogP contribution < -0.4 is 10.4 Å². The van der Waals surface area contributed by atoms with Gasteiger partial charge in [0, 0.05) is 5.56 Å². The summed E-state index contributed by atoms with van der Waals surface area (Å²) in [6.07, 6.45) is -4.46. The molecule has 0 atom stereocenters. The molecule has 4 aromatic carbocycles. The van der Waals surface area contributed by atoms with E-state index in [0.717, 1.165) is 33.3 Å². The van der Waals surface area contributed by atoms with Gasteiger partial charge in [-0.2, -0.15) is 13.2 Å². The highest BCUT2D eigenvalue weighted by Crippen LogP contribution is 2.36. The van der Waals surface area contributed by atoms with E-state index in [-0.39, 0.29) is 11.3 Å². The molecule has 0 amide bonds. The third kappa shape index (κ3) is 5.52. The number of ketones is 1. The third-order valence-corrected chi connectivity index (χ3v) is 14.6. The molecule has 0 spiro atoms. The highest BCUT2D eigenvalue weighted by molar-refractivity contribution is 7.10. The number of hydrogen-bond donors (Lipinski definition) is 0. The Morgan fingerprint density at radius 2 is 0.974 bits per heavy atom.